The number of carbonyl (C=O) groups excluding carboxylic acids is 1. The summed E-state index contributed by atoms with van der Waals surface area (Å²) in [6, 6.07) is 9.09. The Labute approximate surface area is 107 Å². The highest BCUT2D eigenvalue weighted by molar-refractivity contribution is 5.94. The SMILES string of the molecule is Cl.O=C(c1ccccc1)N1CCNCC1CO. The van der Waals surface area contributed by atoms with E-state index in [1.165, 1.54) is 0 Å². The average molecular weight is 257 g/mol. The molecule has 1 fully saturated rings. The van der Waals surface area contributed by atoms with E-state index in [0.29, 0.717) is 18.7 Å². The van der Waals surface area contributed by atoms with E-state index in [1.807, 2.05) is 18.2 Å². The van der Waals surface area contributed by atoms with Crippen molar-refractivity contribution in [2.24, 2.45) is 0 Å². The van der Waals surface area contributed by atoms with Gasteiger partial charge in [0.05, 0.1) is 12.6 Å². The molecule has 1 atom stereocenters. The van der Waals surface area contributed by atoms with Gasteiger partial charge in [-0.1, -0.05) is 18.2 Å². The van der Waals surface area contributed by atoms with Crippen LogP contribution in [-0.2, 0) is 0 Å². The van der Waals surface area contributed by atoms with Crippen LogP contribution in [0.25, 0.3) is 0 Å². The first-order valence-corrected chi connectivity index (χ1v) is 5.50. The largest absolute Gasteiger partial charge is 0.394 e. The van der Waals surface area contributed by atoms with Crippen molar-refractivity contribution in [3.63, 3.8) is 0 Å². The lowest BCUT2D eigenvalue weighted by Gasteiger charge is -2.35. The Morgan fingerprint density at radius 1 is 1.41 bits per heavy atom. The summed E-state index contributed by atoms with van der Waals surface area (Å²) in [5.74, 6) is 0.00106. The molecule has 0 bridgehead atoms. The second-order valence-electron chi connectivity index (χ2n) is 3.91. The Balaban J connectivity index is 0.00000144. The van der Waals surface area contributed by atoms with Crippen molar-refractivity contribution >= 4 is 18.3 Å². The topological polar surface area (TPSA) is 52.6 Å². The summed E-state index contributed by atoms with van der Waals surface area (Å²) in [6.45, 7) is 2.11. The number of aliphatic hydroxyl groups excluding tert-OH is 1. The maximum absolute atomic E-state index is 12.2. The lowest BCUT2D eigenvalue weighted by molar-refractivity contribution is 0.0536. The van der Waals surface area contributed by atoms with Gasteiger partial charge in [-0.25, -0.2) is 0 Å². The average Bonchev–Trinajstić information content (AvgIpc) is 2.39. The monoisotopic (exact) mass is 256 g/mol. The molecule has 1 saturated heterocycles. The zero-order valence-corrected chi connectivity index (χ0v) is 10.3. The van der Waals surface area contributed by atoms with Gasteiger partial charge in [0.15, 0.2) is 0 Å². The predicted molar refractivity (Wildman–Crippen MR) is 68.5 cm³/mol. The molecule has 17 heavy (non-hydrogen) atoms. The maximum Gasteiger partial charge on any atom is 0.254 e. The zero-order chi connectivity index (χ0) is 11.4. The number of amides is 1. The summed E-state index contributed by atoms with van der Waals surface area (Å²) in [5, 5.41) is 12.4. The third-order valence-corrected chi connectivity index (χ3v) is 2.84. The molecule has 1 aromatic carbocycles. The number of hydrogen-bond donors (Lipinski definition) is 2. The van der Waals surface area contributed by atoms with Crippen molar-refractivity contribution in [1.82, 2.24) is 10.2 Å². The molecule has 0 aromatic heterocycles. The fourth-order valence-electron chi connectivity index (χ4n) is 1.94. The number of benzene rings is 1. The molecule has 4 nitrogen and oxygen atoms in total. The number of nitrogens with one attached hydrogen (secondary N) is 1. The van der Waals surface area contributed by atoms with Crippen molar-refractivity contribution in [3.05, 3.63) is 35.9 Å². The Kier molecular flexibility index (Phi) is 5.41. The van der Waals surface area contributed by atoms with Gasteiger partial charge < -0.3 is 15.3 Å². The normalized spacial score (nSPS) is 19.6. The molecule has 1 aliphatic heterocycles. The number of nitrogens with zero attached hydrogens (tertiary/aromatic N) is 1. The number of carbonyl (C=O) groups is 1. The number of halogens is 1. The molecule has 1 amide bonds. The Morgan fingerprint density at radius 2 is 2.12 bits per heavy atom. The molecular weight excluding hydrogens is 240 g/mol. The summed E-state index contributed by atoms with van der Waals surface area (Å²) >= 11 is 0. The molecule has 0 aliphatic carbocycles. The molecule has 0 spiro atoms. The molecule has 1 aromatic rings. The van der Waals surface area contributed by atoms with Gasteiger partial charge in [0.1, 0.15) is 0 Å². The maximum atomic E-state index is 12.2. The zero-order valence-electron chi connectivity index (χ0n) is 9.50. The third kappa shape index (κ3) is 3.19. The van der Waals surface area contributed by atoms with E-state index in [4.69, 9.17) is 0 Å². The second-order valence-corrected chi connectivity index (χ2v) is 3.91. The number of piperazine rings is 1. The van der Waals surface area contributed by atoms with Gasteiger partial charge in [0.2, 0.25) is 0 Å². The van der Waals surface area contributed by atoms with E-state index in [9.17, 15) is 9.90 Å². The van der Waals surface area contributed by atoms with Crippen LogP contribution in [0.1, 0.15) is 10.4 Å². The van der Waals surface area contributed by atoms with E-state index in [2.05, 4.69) is 5.32 Å². The first-order valence-electron chi connectivity index (χ1n) is 5.50. The van der Waals surface area contributed by atoms with Crippen molar-refractivity contribution in [3.8, 4) is 0 Å². The highest BCUT2D eigenvalue weighted by Crippen LogP contribution is 2.09. The third-order valence-electron chi connectivity index (χ3n) is 2.84. The number of rotatable bonds is 2. The highest BCUT2D eigenvalue weighted by Gasteiger charge is 2.26. The van der Waals surface area contributed by atoms with Crippen molar-refractivity contribution in [1.29, 1.82) is 0 Å². The summed E-state index contributed by atoms with van der Waals surface area (Å²) in [6.07, 6.45) is 0. The fraction of sp³-hybridized carbons (Fsp3) is 0.417. The molecule has 0 saturated carbocycles. The standard InChI is InChI=1S/C12H16N2O2.ClH/c15-9-11-8-13-6-7-14(11)12(16)10-4-2-1-3-5-10;/h1-5,11,13,15H,6-9H2;1H. The van der Waals surface area contributed by atoms with Crippen LogP contribution in [0.2, 0.25) is 0 Å². The van der Waals surface area contributed by atoms with Crippen LogP contribution in [0.3, 0.4) is 0 Å². The van der Waals surface area contributed by atoms with Gasteiger partial charge in [-0.2, -0.15) is 0 Å². The van der Waals surface area contributed by atoms with Crippen molar-refractivity contribution in [2.45, 2.75) is 6.04 Å². The molecule has 94 valence electrons. The molecule has 1 aliphatic rings. The molecule has 1 unspecified atom stereocenters. The van der Waals surface area contributed by atoms with Gasteiger partial charge in [-0.3, -0.25) is 4.79 Å². The first-order chi connectivity index (χ1) is 7.83. The van der Waals surface area contributed by atoms with Crippen LogP contribution >= 0.6 is 12.4 Å². The lowest BCUT2D eigenvalue weighted by Crippen LogP contribution is -2.55. The van der Waals surface area contributed by atoms with Crippen LogP contribution in [0.15, 0.2) is 30.3 Å². The molecule has 2 rings (SSSR count). The lowest BCUT2D eigenvalue weighted by atomic mass is 10.1. The van der Waals surface area contributed by atoms with Gasteiger partial charge in [-0.05, 0) is 12.1 Å². The molecular formula is C12H17ClN2O2. The van der Waals surface area contributed by atoms with E-state index < -0.39 is 0 Å². The van der Waals surface area contributed by atoms with Crippen LogP contribution in [0.4, 0.5) is 0 Å². The molecule has 2 N–H and O–H groups in total. The number of hydrogen-bond acceptors (Lipinski definition) is 3. The minimum atomic E-state index is -0.110. The Hall–Kier alpha value is -1.10. The highest BCUT2D eigenvalue weighted by atomic mass is 35.5. The summed E-state index contributed by atoms with van der Waals surface area (Å²) < 4.78 is 0. The van der Waals surface area contributed by atoms with Gasteiger partial charge in [0, 0.05) is 25.2 Å². The summed E-state index contributed by atoms with van der Waals surface area (Å²) in [5.41, 5.74) is 0.683. The van der Waals surface area contributed by atoms with E-state index in [-0.39, 0.29) is 31.0 Å². The van der Waals surface area contributed by atoms with E-state index in [1.54, 1.807) is 17.0 Å². The summed E-state index contributed by atoms with van der Waals surface area (Å²) in [7, 11) is 0. The predicted octanol–water partition coefficient (Wildman–Crippen LogP) is 0.515. The van der Waals surface area contributed by atoms with E-state index in [0.717, 1.165) is 6.54 Å². The molecule has 0 radical (unpaired) electrons. The number of aliphatic hydroxyl groups is 1. The molecule has 1 heterocycles. The van der Waals surface area contributed by atoms with Crippen LogP contribution < -0.4 is 5.32 Å². The van der Waals surface area contributed by atoms with Crippen LogP contribution in [-0.4, -0.2) is 48.2 Å². The first kappa shape index (κ1) is 14.0. The van der Waals surface area contributed by atoms with Crippen molar-refractivity contribution in [2.75, 3.05) is 26.2 Å². The van der Waals surface area contributed by atoms with Crippen LogP contribution in [0.5, 0.6) is 0 Å². The van der Waals surface area contributed by atoms with Gasteiger partial charge in [-0.15, -0.1) is 12.4 Å². The minimum Gasteiger partial charge on any atom is -0.394 e. The quantitative estimate of drug-likeness (QED) is 0.811. The summed E-state index contributed by atoms with van der Waals surface area (Å²) in [4.78, 5) is 13.9. The Morgan fingerprint density at radius 3 is 2.76 bits per heavy atom. The minimum absolute atomic E-state index is 0. The Bertz CT molecular complexity index is 359. The smallest absolute Gasteiger partial charge is 0.254 e. The van der Waals surface area contributed by atoms with Crippen molar-refractivity contribution < 1.29 is 9.90 Å². The van der Waals surface area contributed by atoms with E-state index >= 15 is 0 Å². The van der Waals surface area contributed by atoms with Gasteiger partial charge >= 0.3 is 0 Å². The fourth-order valence-corrected chi connectivity index (χ4v) is 1.94. The molecule has 5 heteroatoms. The van der Waals surface area contributed by atoms with Crippen LogP contribution in [0, 0.1) is 0 Å². The van der Waals surface area contributed by atoms with Gasteiger partial charge in [0.25, 0.3) is 5.91 Å². The second kappa shape index (κ2) is 6.59.